The van der Waals surface area contributed by atoms with E-state index in [1.165, 1.54) is 18.6 Å². The number of halogens is 3. The second kappa shape index (κ2) is 3.51. The third-order valence-corrected chi connectivity index (χ3v) is 1.29. The van der Waals surface area contributed by atoms with E-state index in [2.05, 4.69) is 4.42 Å². The third kappa shape index (κ3) is 2.81. The molecule has 1 amide bonds. The lowest BCUT2D eigenvalue weighted by Gasteiger charge is -2.05. The SMILES string of the molecule is O=C(NCc1ccoc1)C(F)(F)F. The molecule has 0 aliphatic rings. The molecule has 0 bridgehead atoms. The van der Waals surface area contributed by atoms with Crippen LogP contribution in [0.4, 0.5) is 13.2 Å². The van der Waals surface area contributed by atoms with Crippen molar-refractivity contribution in [1.29, 1.82) is 0 Å². The third-order valence-electron chi connectivity index (χ3n) is 1.29. The van der Waals surface area contributed by atoms with Crippen LogP contribution in [0.1, 0.15) is 5.56 Å². The van der Waals surface area contributed by atoms with Crippen molar-refractivity contribution in [3.8, 4) is 0 Å². The summed E-state index contributed by atoms with van der Waals surface area (Å²) in [4.78, 5) is 10.3. The first kappa shape index (κ1) is 9.63. The Balaban J connectivity index is 2.40. The highest BCUT2D eigenvalue weighted by atomic mass is 19.4. The predicted octanol–water partition coefficient (Wildman–Crippen LogP) is 1.46. The topological polar surface area (TPSA) is 42.2 Å². The number of furan rings is 1. The molecule has 1 aromatic heterocycles. The number of carbonyl (C=O) groups excluding carboxylic acids is 1. The first-order chi connectivity index (χ1) is 6.00. The van der Waals surface area contributed by atoms with Crippen molar-refractivity contribution < 1.29 is 22.4 Å². The van der Waals surface area contributed by atoms with Gasteiger partial charge in [0.1, 0.15) is 0 Å². The van der Waals surface area contributed by atoms with Gasteiger partial charge in [0, 0.05) is 12.1 Å². The van der Waals surface area contributed by atoms with E-state index in [-0.39, 0.29) is 6.54 Å². The van der Waals surface area contributed by atoms with Crippen LogP contribution in [0.3, 0.4) is 0 Å². The lowest BCUT2D eigenvalue weighted by atomic mass is 10.3. The zero-order valence-electron chi connectivity index (χ0n) is 6.39. The summed E-state index contributed by atoms with van der Waals surface area (Å²) in [6, 6.07) is 1.47. The van der Waals surface area contributed by atoms with E-state index in [9.17, 15) is 18.0 Å². The molecule has 1 aromatic rings. The van der Waals surface area contributed by atoms with E-state index in [0.717, 1.165) is 0 Å². The maximum atomic E-state index is 11.6. The van der Waals surface area contributed by atoms with Crippen molar-refractivity contribution in [2.24, 2.45) is 0 Å². The lowest BCUT2D eigenvalue weighted by Crippen LogP contribution is -2.36. The fourth-order valence-electron chi connectivity index (χ4n) is 0.676. The van der Waals surface area contributed by atoms with Gasteiger partial charge in [-0.15, -0.1) is 0 Å². The molecule has 0 aliphatic heterocycles. The van der Waals surface area contributed by atoms with Crippen LogP contribution in [0, 0.1) is 0 Å². The molecule has 13 heavy (non-hydrogen) atoms. The van der Waals surface area contributed by atoms with Gasteiger partial charge in [-0.25, -0.2) is 0 Å². The number of nitrogens with one attached hydrogen (secondary N) is 1. The summed E-state index contributed by atoms with van der Waals surface area (Å²) in [7, 11) is 0. The van der Waals surface area contributed by atoms with Crippen LogP contribution in [0.2, 0.25) is 0 Å². The average Bonchev–Trinajstić information content (AvgIpc) is 2.50. The van der Waals surface area contributed by atoms with Crippen molar-refractivity contribution in [3.63, 3.8) is 0 Å². The van der Waals surface area contributed by atoms with Gasteiger partial charge in [-0.05, 0) is 6.07 Å². The predicted molar refractivity (Wildman–Crippen MR) is 36.6 cm³/mol. The van der Waals surface area contributed by atoms with Crippen LogP contribution in [0.5, 0.6) is 0 Å². The van der Waals surface area contributed by atoms with Gasteiger partial charge in [0.2, 0.25) is 0 Å². The largest absolute Gasteiger partial charge is 0.472 e. The van der Waals surface area contributed by atoms with Crippen molar-refractivity contribution in [2.75, 3.05) is 0 Å². The van der Waals surface area contributed by atoms with Gasteiger partial charge in [-0.2, -0.15) is 13.2 Å². The Bertz CT molecular complexity index is 278. The fraction of sp³-hybridized carbons (Fsp3) is 0.286. The van der Waals surface area contributed by atoms with Crippen LogP contribution in [-0.2, 0) is 11.3 Å². The van der Waals surface area contributed by atoms with Crippen LogP contribution in [0.25, 0.3) is 0 Å². The molecule has 0 saturated heterocycles. The summed E-state index contributed by atoms with van der Waals surface area (Å²) in [5, 5.41) is 1.70. The molecule has 72 valence electrons. The Morgan fingerprint density at radius 2 is 2.23 bits per heavy atom. The summed E-state index contributed by atoms with van der Waals surface area (Å²) in [5.41, 5.74) is 0.484. The molecule has 3 nitrogen and oxygen atoms in total. The van der Waals surface area contributed by atoms with Crippen LogP contribution in [0.15, 0.2) is 23.0 Å². The second-order valence-corrected chi connectivity index (χ2v) is 2.31. The van der Waals surface area contributed by atoms with Crippen molar-refractivity contribution in [3.05, 3.63) is 24.2 Å². The highest BCUT2D eigenvalue weighted by molar-refractivity contribution is 5.81. The van der Waals surface area contributed by atoms with E-state index in [1.54, 1.807) is 5.32 Å². The smallest absolute Gasteiger partial charge is 0.471 e. The summed E-state index contributed by atoms with van der Waals surface area (Å²) < 4.78 is 39.5. The van der Waals surface area contributed by atoms with E-state index in [4.69, 9.17) is 0 Å². The minimum absolute atomic E-state index is 0.186. The summed E-state index contributed by atoms with van der Waals surface area (Å²) in [5.74, 6) is -1.95. The van der Waals surface area contributed by atoms with Crippen molar-refractivity contribution in [2.45, 2.75) is 12.7 Å². The number of hydrogen-bond donors (Lipinski definition) is 1. The molecule has 1 N–H and O–H groups in total. The molecule has 0 unspecified atom stereocenters. The van der Waals surface area contributed by atoms with Crippen LogP contribution in [-0.4, -0.2) is 12.1 Å². The highest BCUT2D eigenvalue weighted by Gasteiger charge is 2.38. The minimum atomic E-state index is -4.83. The van der Waals surface area contributed by atoms with E-state index in [1.807, 2.05) is 0 Å². The molecule has 6 heteroatoms. The van der Waals surface area contributed by atoms with Gasteiger partial charge in [0.15, 0.2) is 0 Å². The van der Waals surface area contributed by atoms with Gasteiger partial charge in [-0.1, -0.05) is 0 Å². The highest BCUT2D eigenvalue weighted by Crippen LogP contribution is 2.14. The standard InChI is InChI=1S/C7H6F3NO2/c8-7(9,10)6(12)11-3-5-1-2-13-4-5/h1-2,4H,3H2,(H,11,12). The first-order valence-electron chi connectivity index (χ1n) is 3.36. The average molecular weight is 193 g/mol. The molecule has 0 saturated carbocycles. The molecular formula is C7H6F3NO2. The molecule has 0 radical (unpaired) electrons. The molecule has 1 heterocycles. The van der Waals surface area contributed by atoms with E-state index >= 15 is 0 Å². The summed E-state index contributed by atoms with van der Waals surface area (Å²) in [6.07, 6.45) is -2.25. The number of carbonyl (C=O) groups is 1. The van der Waals surface area contributed by atoms with Gasteiger partial charge >= 0.3 is 12.1 Å². The van der Waals surface area contributed by atoms with Gasteiger partial charge in [0.05, 0.1) is 12.5 Å². The summed E-state index contributed by atoms with van der Waals surface area (Å²) >= 11 is 0. The Morgan fingerprint density at radius 3 is 2.69 bits per heavy atom. The molecule has 0 atom stereocenters. The molecule has 1 rings (SSSR count). The Morgan fingerprint density at radius 1 is 1.54 bits per heavy atom. The normalized spacial score (nSPS) is 11.3. The van der Waals surface area contributed by atoms with Crippen LogP contribution < -0.4 is 5.32 Å². The molecule has 0 spiro atoms. The Hall–Kier alpha value is -1.46. The van der Waals surface area contributed by atoms with Gasteiger partial charge < -0.3 is 9.73 Å². The molecule has 0 aliphatic carbocycles. The number of alkyl halides is 3. The monoisotopic (exact) mass is 193 g/mol. The quantitative estimate of drug-likeness (QED) is 0.772. The zero-order valence-corrected chi connectivity index (χ0v) is 6.39. The molecule has 0 aromatic carbocycles. The summed E-state index contributed by atoms with van der Waals surface area (Å²) in [6.45, 7) is -0.186. The van der Waals surface area contributed by atoms with Gasteiger partial charge in [-0.3, -0.25) is 4.79 Å². The van der Waals surface area contributed by atoms with Crippen LogP contribution >= 0.6 is 0 Å². The Kier molecular flexibility index (Phi) is 2.60. The fourth-order valence-corrected chi connectivity index (χ4v) is 0.676. The zero-order chi connectivity index (χ0) is 9.90. The lowest BCUT2D eigenvalue weighted by molar-refractivity contribution is -0.173. The van der Waals surface area contributed by atoms with E-state index < -0.39 is 12.1 Å². The van der Waals surface area contributed by atoms with Gasteiger partial charge in [0.25, 0.3) is 0 Å². The van der Waals surface area contributed by atoms with Crippen molar-refractivity contribution >= 4 is 5.91 Å². The number of amides is 1. The minimum Gasteiger partial charge on any atom is -0.472 e. The maximum Gasteiger partial charge on any atom is 0.471 e. The number of rotatable bonds is 2. The first-order valence-corrected chi connectivity index (χ1v) is 3.36. The molecule has 0 fully saturated rings. The van der Waals surface area contributed by atoms with E-state index in [0.29, 0.717) is 5.56 Å². The van der Waals surface area contributed by atoms with Crippen molar-refractivity contribution in [1.82, 2.24) is 5.32 Å². The second-order valence-electron chi connectivity index (χ2n) is 2.31. The number of hydrogen-bond acceptors (Lipinski definition) is 2. The molecular weight excluding hydrogens is 187 g/mol. The Labute approximate surface area is 71.5 Å². The maximum absolute atomic E-state index is 11.6.